The average molecular weight is 208 g/mol. The van der Waals surface area contributed by atoms with Gasteiger partial charge in [0.05, 0.1) is 11.4 Å². The Morgan fingerprint density at radius 3 is 2.13 bits per heavy atom. The van der Waals surface area contributed by atoms with Crippen molar-refractivity contribution in [3.05, 3.63) is 48.5 Å². The molecule has 0 saturated heterocycles. The summed E-state index contributed by atoms with van der Waals surface area (Å²) in [5.74, 6) is 0. The molecular weight excluding hydrogens is 195 g/mol. The number of benzene rings is 2. The van der Waals surface area contributed by atoms with Crippen LogP contribution in [0.15, 0.2) is 48.5 Å². The average Bonchev–Trinajstić information content (AvgIpc) is 2.23. The van der Waals surface area contributed by atoms with E-state index in [1.165, 1.54) is 0 Å². The van der Waals surface area contributed by atoms with Gasteiger partial charge in [-0.25, -0.2) is 0 Å². The molecule has 0 aromatic heterocycles. The van der Waals surface area contributed by atoms with Gasteiger partial charge >= 0.3 is 29.6 Å². The molecular formula is C12H13N2Na. The van der Waals surface area contributed by atoms with Gasteiger partial charge in [0.1, 0.15) is 0 Å². The Labute approximate surface area is 113 Å². The van der Waals surface area contributed by atoms with E-state index in [0.29, 0.717) is 11.4 Å². The van der Waals surface area contributed by atoms with E-state index in [1.807, 2.05) is 48.5 Å². The number of para-hydroxylation sites is 1. The summed E-state index contributed by atoms with van der Waals surface area (Å²) >= 11 is 0. The van der Waals surface area contributed by atoms with Crippen molar-refractivity contribution in [3.63, 3.8) is 0 Å². The zero-order chi connectivity index (χ0) is 9.97. The molecule has 0 unspecified atom stereocenters. The van der Waals surface area contributed by atoms with Crippen LogP contribution in [0.25, 0.3) is 11.1 Å². The second kappa shape index (κ2) is 5.21. The van der Waals surface area contributed by atoms with Crippen molar-refractivity contribution in [2.75, 3.05) is 11.5 Å². The van der Waals surface area contributed by atoms with Gasteiger partial charge in [0.15, 0.2) is 0 Å². The van der Waals surface area contributed by atoms with Gasteiger partial charge in [-0.15, -0.1) is 0 Å². The molecule has 2 rings (SSSR count). The topological polar surface area (TPSA) is 52.0 Å². The van der Waals surface area contributed by atoms with Crippen molar-refractivity contribution in [2.45, 2.75) is 0 Å². The van der Waals surface area contributed by atoms with Crippen LogP contribution in [0.3, 0.4) is 0 Å². The molecule has 15 heavy (non-hydrogen) atoms. The van der Waals surface area contributed by atoms with Gasteiger partial charge in [0.25, 0.3) is 0 Å². The molecule has 0 heterocycles. The van der Waals surface area contributed by atoms with Gasteiger partial charge in [-0.3, -0.25) is 0 Å². The Morgan fingerprint density at radius 2 is 1.47 bits per heavy atom. The molecule has 72 valence electrons. The summed E-state index contributed by atoms with van der Waals surface area (Å²) < 4.78 is 0. The molecule has 0 aliphatic heterocycles. The number of nitrogens with two attached hydrogens (primary N) is 2. The fourth-order valence-corrected chi connectivity index (χ4v) is 1.45. The normalized spacial score (nSPS) is 9.33. The SMILES string of the molecule is Nc1cccc(-c2ccccc2)c1N.[H-].[Na+]. The molecule has 0 bridgehead atoms. The van der Waals surface area contributed by atoms with Crippen molar-refractivity contribution in [1.82, 2.24) is 0 Å². The van der Waals surface area contributed by atoms with E-state index < -0.39 is 0 Å². The molecule has 0 spiro atoms. The van der Waals surface area contributed by atoms with E-state index in [4.69, 9.17) is 11.5 Å². The van der Waals surface area contributed by atoms with E-state index in [0.717, 1.165) is 11.1 Å². The largest absolute Gasteiger partial charge is 1.00 e. The number of rotatable bonds is 1. The number of hydrogen-bond acceptors (Lipinski definition) is 2. The van der Waals surface area contributed by atoms with Crippen LogP contribution in [0.1, 0.15) is 1.43 Å². The third-order valence-electron chi connectivity index (χ3n) is 2.22. The Kier molecular flexibility index (Phi) is 4.21. The van der Waals surface area contributed by atoms with Crippen molar-refractivity contribution >= 4 is 11.4 Å². The zero-order valence-electron chi connectivity index (χ0n) is 9.77. The minimum absolute atomic E-state index is 0. The third-order valence-corrected chi connectivity index (χ3v) is 2.22. The molecule has 2 aromatic rings. The first-order valence-electron chi connectivity index (χ1n) is 4.48. The van der Waals surface area contributed by atoms with Crippen LogP contribution in [0.5, 0.6) is 0 Å². The van der Waals surface area contributed by atoms with Crippen LogP contribution >= 0.6 is 0 Å². The smallest absolute Gasteiger partial charge is 1.00 e. The summed E-state index contributed by atoms with van der Waals surface area (Å²) in [6.45, 7) is 0. The second-order valence-electron chi connectivity index (χ2n) is 3.17. The molecule has 2 aromatic carbocycles. The van der Waals surface area contributed by atoms with E-state index in [2.05, 4.69) is 0 Å². The van der Waals surface area contributed by atoms with Crippen LogP contribution in [-0.4, -0.2) is 0 Å². The van der Waals surface area contributed by atoms with Gasteiger partial charge in [-0.05, 0) is 11.6 Å². The Bertz CT molecular complexity index is 446. The standard InChI is InChI=1S/C12H12N2.Na.H/c13-11-8-4-7-10(12(11)14)9-5-2-1-3-6-9;;/h1-8H,13-14H2;;/q;+1;-1. The predicted octanol–water partition coefficient (Wildman–Crippen LogP) is -0.365. The van der Waals surface area contributed by atoms with Crippen LogP contribution in [0, 0.1) is 0 Å². The monoisotopic (exact) mass is 208 g/mol. The Balaban J connectivity index is 0.00000112. The predicted molar refractivity (Wildman–Crippen MR) is 61.8 cm³/mol. The minimum Gasteiger partial charge on any atom is -1.00 e. The maximum atomic E-state index is 5.89. The van der Waals surface area contributed by atoms with Crippen LogP contribution in [0.4, 0.5) is 11.4 Å². The first kappa shape index (κ1) is 12.1. The second-order valence-corrected chi connectivity index (χ2v) is 3.17. The molecule has 0 radical (unpaired) electrons. The van der Waals surface area contributed by atoms with Crippen molar-refractivity contribution in [1.29, 1.82) is 0 Å². The van der Waals surface area contributed by atoms with Crippen molar-refractivity contribution in [2.24, 2.45) is 0 Å². The first-order valence-corrected chi connectivity index (χ1v) is 4.48. The fourth-order valence-electron chi connectivity index (χ4n) is 1.45. The molecule has 0 amide bonds. The summed E-state index contributed by atoms with van der Waals surface area (Å²) in [6, 6.07) is 15.7. The van der Waals surface area contributed by atoms with Crippen LogP contribution < -0.4 is 41.0 Å². The maximum absolute atomic E-state index is 5.89. The first-order chi connectivity index (χ1) is 6.79. The molecule has 0 aliphatic carbocycles. The third kappa shape index (κ3) is 2.53. The summed E-state index contributed by atoms with van der Waals surface area (Å²) in [5.41, 5.74) is 15.0. The van der Waals surface area contributed by atoms with E-state index in [1.54, 1.807) is 0 Å². The maximum Gasteiger partial charge on any atom is 1.00 e. The molecule has 0 atom stereocenters. The van der Waals surface area contributed by atoms with Crippen molar-refractivity contribution < 1.29 is 31.0 Å². The quantitative estimate of drug-likeness (QED) is 0.496. The summed E-state index contributed by atoms with van der Waals surface area (Å²) in [4.78, 5) is 0. The van der Waals surface area contributed by atoms with E-state index in [-0.39, 0.29) is 31.0 Å². The van der Waals surface area contributed by atoms with Gasteiger partial charge < -0.3 is 12.9 Å². The molecule has 3 heteroatoms. The van der Waals surface area contributed by atoms with Gasteiger partial charge in [-0.2, -0.15) is 0 Å². The summed E-state index contributed by atoms with van der Waals surface area (Å²) in [5, 5.41) is 0. The number of anilines is 2. The molecule has 0 aliphatic rings. The molecule has 2 nitrogen and oxygen atoms in total. The Hall–Kier alpha value is -0.960. The molecule has 0 fully saturated rings. The summed E-state index contributed by atoms with van der Waals surface area (Å²) in [7, 11) is 0. The number of hydrogen-bond donors (Lipinski definition) is 2. The van der Waals surface area contributed by atoms with E-state index >= 15 is 0 Å². The molecule has 4 N–H and O–H groups in total. The summed E-state index contributed by atoms with van der Waals surface area (Å²) in [6.07, 6.45) is 0. The van der Waals surface area contributed by atoms with Crippen LogP contribution in [-0.2, 0) is 0 Å². The van der Waals surface area contributed by atoms with Gasteiger partial charge in [-0.1, -0.05) is 42.5 Å². The molecule has 0 saturated carbocycles. The van der Waals surface area contributed by atoms with Gasteiger partial charge in [0.2, 0.25) is 0 Å². The van der Waals surface area contributed by atoms with Crippen molar-refractivity contribution in [3.8, 4) is 11.1 Å². The van der Waals surface area contributed by atoms with E-state index in [9.17, 15) is 0 Å². The van der Waals surface area contributed by atoms with Gasteiger partial charge in [0, 0.05) is 5.56 Å². The fraction of sp³-hybridized carbons (Fsp3) is 0. The Morgan fingerprint density at radius 1 is 0.800 bits per heavy atom. The van der Waals surface area contributed by atoms with Crippen LogP contribution in [0.2, 0.25) is 0 Å². The number of nitrogen functional groups attached to an aromatic ring is 2. The zero-order valence-corrected chi connectivity index (χ0v) is 10.8. The minimum atomic E-state index is 0.